The lowest BCUT2D eigenvalue weighted by molar-refractivity contribution is -0.117. The predicted octanol–water partition coefficient (Wildman–Crippen LogP) is 2.13. The van der Waals surface area contributed by atoms with Crippen molar-refractivity contribution in [2.24, 2.45) is 4.99 Å². The Morgan fingerprint density at radius 2 is 1.80 bits per heavy atom. The standard InChI is InChI=1S/C22H25N7O/c1-2-23-22(24-14-20-27-25-16-29(20)19-11-7-4-8-12-19)26-17-13-21(30)28(15-17)18-9-5-3-6-10-18/h3-12,16-17H,2,13-15H2,1H3,(H2,23,24,26). The van der Waals surface area contributed by atoms with Gasteiger partial charge in [-0.3, -0.25) is 9.36 Å². The summed E-state index contributed by atoms with van der Waals surface area (Å²) in [5.41, 5.74) is 1.91. The molecule has 0 aliphatic carbocycles. The summed E-state index contributed by atoms with van der Waals surface area (Å²) in [5, 5.41) is 14.9. The van der Waals surface area contributed by atoms with Gasteiger partial charge in [-0.25, -0.2) is 4.99 Å². The number of hydrogen-bond acceptors (Lipinski definition) is 4. The lowest BCUT2D eigenvalue weighted by Gasteiger charge is -2.19. The summed E-state index contributed by atoms with van der Waals surface area (Å²) in [5.74, 6) is 1.51. The molecule has 0 radical (unpaired) electrons. The molecule has 0 saturated carbocycles. The van der Waals surface area contributed by atoms with Crippen molar-refractivity contribution in [3.05, 3.63) is 72.8 Å². The van der Waals surface area contributed by atoms with Crippen molar-refractivity contribution in [1.82, 2.24) is 25.4 Å². The first-order valence-electron chi connectivity index (χ1n) is 10.1. The molecule has 1 fully saturated rings. The Hall–Kier alpha value is -3.68. The SMILES string of the molecule is CCNC(=NCc1nncn1-c1ccccc1)NC1CC(=O)N(c2ccccc2)C1. The quantitative estimate of drug-likeness (QED) is 0.486. The van der Waals surface area contributed by atoms with Crippen molar-refractivity contribution in [1.29, 1.82) is 0 Å². The van der Waals surface area contributed by atoms with E-state index in [1.54, 1.807) is 6.33 Å². The molecule has 1 atom stereocenters. The van der Waals surface area contributed by atoms with Gasteiger partial charge in [0.1, 0.15) is 12.9 Å². The second-order valence-electron chi connectivity index (χ2n) is 7.03. The van der Waals surface area contributed by atoms with E-state index in [1.807, 2.05) is 77.1 Å². The Morgan fingerprint density at radius 1 is 1.10 bits per heavy atom. The van der Waals surface area contributed by atoms with Crippen molar-refractivity contribution >= 4 is 17.6 Å². The van der Waals surface area contributed by atoms with Gasteiger partial charge in [0.25, 0.3) is 0 Å². The molecule has 1 amide bonds. The molecule has 1 unspecified atom stereocenters. The molecular weight excluding hydrogens is 378 g/mol. The van der Waals surface area contributed by atoms with Crippen LogP contribution in [0.4, 0.5) is 5.69 Å². The summed E-state index contributed by atoms with van der Waals surface area (Å²) in [7, 11) is 0. The number of anilines is 1. The zero-order valence-corrected chi connectivity index (χ0v) is 16.9. The topological polar surface area (TPSA) is 87.4 Å². The molecule has 2 N–H and O–H groups in total. The number of nitrogens with zero attached hydrogens (tertiary/aromatic N) is 5. The number of benzene rings is 2. The summed E-state index contributed by atoms with van der Waals surface area (Å²) >= 11 is 0. The molecule has 1 aromatic heterocycles. The summed E-state index contributed by atoms with van der Waals surface area (Å²) in [6.07, 6.45) is 2.12. The number of aliphatic imine (C=N–C) groups is 1. The molecule has 0 spiro atoms. The molecule has 2 aromatic carbocycles. The van der Waals surface area contributed by atoms with Gasteiger partial charge >= 0.3 is 0 Å². The smallest absolute Gasteiger partial charge is 0.229 e. The van der Waals surface area contributed by atoms with Crippen LogP contribution in [0.2, 0.25) is 0 Å². The molecule has 2 heterocycles. The number of aromatic nitrogens is 3. The first-order valence-corrected chi connectivity index (χ1v) is 10.1. The Labute approximate surface area is 175 Å². The van der Waals surface area contributed by atoms with E-state index in [1.165, 1.54) is 0 Å². The number of carbonyl (C=O) groups excluding carboxylic acids is 1. The fraction of sp³-hybridized carbons (Fsp3) is 0.273. The zero-order chi connectivity index (χ0) is 20.8. The Balaban J connectivity index is 1.44. The van der Waals surface area contributed by atoms with Crippen molar-refractivity contribution < 1.29 is 4.79 Å². The van der Waals surface area contributed by atoms with Crippen LogP contribution in [-0.4, -0.2) is 45.8 Å². The Bertz CT molecular complexity index is 1000. The number of rotatable bonds is 6. The van der Waals surface area contributed by atoms with Crippen molar-refractivity contribution in [3.63, 3.8) is 0 Å². The molecule has 1 aliphatic heterocycles. The van der Waals surface area contributed by atoms with E-state index >= 15 is 0 Å². The molecule has 8 heteroatoms. The number of hydrogen-bond donors (Lipinski definition) is 2. The molecule has 30 heavy (non-hydrogen) atoms. The summed E-state index contributed by atoms with van der Waals surface area (Å²) in [6, 6.07) is 19.7. The molecule has 1 aliphatic rings. The monoisotopic (exact) mass is 403 g/mol. The van der Waals surface area contributed by atoms with Gasteiger partial charge in [-0.2, -0.15) is 0 Å². The maximum Gasteiger partial charge on any atom is 0.229 e. The van der Waals surface area contributed by atoms with Gasteiger partial charge in [-0.15, -0.1) is 10.2 Å². The first kappa shape index (κ1) is 19.6. The molecule has 1 saturated heterocycles. The Kier molecular flexibility index (Phi) is 6.03. The van der Waals surface area contributed by atoms with Crippen LogP contribution in [0.3, 0.4) is 0 Å². The summed E-state index contributed by atoms with van der Waals surface area (Å²) in [6.45, 7) is 3.71. The van der Waals surface area contributed by atoms with Gasteiger partial charge in [0.15, 0.2) is 11.8 Å². The molecule has 4 rings (SSSR count). The summed E-state index contributed by atoms with van der Waals surface area (Å²) in [4.78, 5) is 19.0. The maximum absolute atomic E-state index is 12.5. The fourth-order valence-corrected chi connectivity index (χ4v) is 3.50. The molecular formula is C22H25N7O. The van der Waals surface area contributed by atoms with Crippen molar-refractivity contribution in [2.75, 3.05) is 18.0 Å². The molecule has 3 aromatic rings. The number of carbonyl (C=O) groups is 1. The third-order valence-electron chi connectivity index (χ3n) is 4.91. The van der Waals surface area contributed by atoms with Crippen LogP contribution < -0.4 is 15.5 Å². The van der Waals surface area contributed by atoms with Crippen LogP contribution in [0.5, 0.6) is 0 Å². The highest BCUT2D eigenvalue weighted by Crippen LogP contribution is 2.21. The van der Waals surface area contributed by atoms with Crippen LogP contribution in [0.25, 0.3) is 5.69 Å². The third-order valence-corrected chi connectivity index (χ3v) is 4.91. The molecule has 154 valence electrons. The van der Waals surface area contributed by atoms with Gasteiger partial charge in [0.05, 0.1) is 6.04 Å². The van der Waals surface area contributed by atoms with Crippen LogP contribution in [0.1, 0.15) is 19.2 Å². The minimum atomic E-state index is -0.0116. The largest absolute Gasteiger partial charge is 0.357 e. The number of nitrogens with one attached hydrogen (secondary N) is 2. The van der Waals surface area contributed by atoms with E-state index in [0.717, 1.165) is 23.7 Å². The van der Waals surface area contributed by atoms with Gasteiger partial charge in [0, 0.05) is 30.9 Å². The van der Waals surface area contributed by atoms with E-state index in [0.29, 0.717) is 25.5 Å². The molecule has 0 bridgehead atoms. The highest BCUT2D eigenvalue weighted by atomic mass is 16.2. The van der Waals surface area contributed by atoms with Crippen LogP contribution in [0, 0.1) is 0 Å². The average molecular weight is 403 g/mol. The van der Waals surface area contributed by atoms with Gasteiger partial charge in [-0.1, -0.05) is 36.4 Å². The second-order valence-corrected chi connectivity index (χ2v) is 7.03. The minimum Gasteiger partial charge on any atom is -0.357 e. The maximum atomic E-state index is 12.5. The van der Waals surface area contributed by atoms with E-state index in [-0.39, 0.29) is 11.9 Å². The fourth-order valence-electron chi connectivity index (χ4n) is 3.50. The zero-order valence-electron chi connectivity index (χ0n) is 16.9. The highest BCUT2D eigenvalue weighted by Gasteiger charge is 2.31. The number of para-hydroxylation sites is 2. The Morgan fingerprint density at radius 3 is 2.50 bits per heavy atom. The van der Waals surface area contributed by atoms with Crippen LogP contribution in [0.15, 0.2) is 72.0 Å². The van der Waals surface area contributed by atoms with E-state index in [4.69, 9.17) is 0 Å². The predicted molar refractivity (Wildman–Crippen MR) is 117 cm³/mol. The van der Waals surface area contributed by atoms with Gasteiger partial charge < -0.3 is 15.5 Å². The van der Waals surface area contributed by atoms with E-state index in [2.05, 4.69) is 25.8 Å². The van der Waals surface area contributed by atoms with Crippen molar-refractivity contribution in [3.8, 4) is 5.69 Å². The minimum absolute atomic E-state index is 0.0116. The molecule has 8 nitrogen and oxygen atoms in total. The van der Waals surface area contributed by atoms with Crippen molar-refractivity contribution in [2.45, 2.75) is 25.9 Å². The van der Waals surface area contributed by atoms with E-state index in [9.17, 15) is 4.79 Å². The van der Waals surface area contributed by atoms with E-state index < -0.39 is 0 Å². The lowest BCUT2D eigenvalue weighted by atomic mass is 10.2. The lowest BCUT2D eigenvalue weighted by Crippen LogP contribution is -2.44. The van der Waals surface area contributed by atoms with Crippen LogP contribution >= 0.6 is 0 Å². The normalized spacial score (nSPS) is 16.7. The first-order chi connectivity index (χ1) is 14.7. The third kappa shape index (κ3) is 4.48. The average Bonchev–Trinajstić information content (AvgIpc) is 3.40. The second kappa shape index (κ2) is 9.21. The summed E-state index contributed by atoms with van der Waals surface area (Å²) < 4.78 is 1.92. The van der Waals surface area contributed by atoms with Gasteiger partial charge in [-0.05, 0) is 31.2 Å². The number of amides is 1. The highest BCUT2D eigenvalue weighted by molar-refractivity contribution is 5.97. The van der Waals surface area contributed by atoms with Crippen LogP contribution in [-0.2, 0) is 11.3 Å². The van der Waals surface area contributed by atoms with Gasteiger partial charge in [0.2, 0.25) is 5.91 Å². The number of guanidine groups is 1.